The van der Waals surface area contributed by atoms with E-state index in [0.29, 0.717) is 76.8 Å². The molecule has 2 N–H and O–H groups in total. The number of rotatable bonds is 11. The number of nitrogens with zero attached hydrogens (tertiary/aromatic N) is 5. The normalized spacial score (nSPS) is 20.5. The number of amides is 2. The van der Waals surface area contributed by atoms with Gasteiger partial charge in [-0.25, -0.2) is 0 Å². The van der Waals surface area contributed by atoms with E-state index in [1.54, 1.807) is 24.0 Å². The number of hydrogen-bond donors (Lipinski definition) is 2. The van der Waals surface area contributed by atoms with E-state index >= 15 is 0 Å². The van der Waals surface area contributed by atoms with E-state index in [2.05, 4.69) is 38.7 Å². The summed E-state index contributed by atoms with van der Waals surface area (Å²) in [5.74, 6) is 1.27. The summed E-state index contributed by atoms with van der Waals surface area (Å²) in [5.41, 5.74) is -1.16. The van der Waals surface area contributed by atoms with E-state index in [9.17, 15) is 14.4 Å². The number of carbonyl (C=O) groups excluding carboxylic acids is 3. The molecule has 3 fully saturated rings. The number of carbonyl (C=O) groups is 3. The van der Waals surface area contributed by atoms with E-state index in [-0.39, 0.29) is 18.4 Å². The molecule has 218 valence electrons. The number of nitrogens with one attached hydrogen (secondary N) is 2. The zero-order valence-electron chi connectivity index (χ0n) is 23.7. The molecule has 1 unspecified atom stereocenters. The highest BCUT2D eigenvalue weighted by atomic mass is 16.5. The molecule has 11 heteroatoms. The lowest BCUT2D eigenvalue weighted by Crippen LogP contribution is -2.57. The van der Waals surface area contributed by atoms with Gasteiger partial charge in [-0.1, -0.05) is 31.4 Å². The van der Waals surface area contributed by atoms with Crippen molar-refractivity contribution in [3.05, 3.63) is 31.4 Å². The van der Waals surface area contributed by atoms with Gasteiger partial charge in [0.1, 0.15) is 23.1 Å². The van der Waals surface area contributed by atoms with Crippen molar-refractivity contribution < 1.29 is 19.1 Å². The Morgan fingerprint density at radius 2 is 1.70 bits per heavy atom. The standard InChI is InChI=1S/C29H43N7O4/c1-4-14-30-23-21-24(33-28(32-23)31-15-5-2)34-17-19-35(20-18-34)25(37)22-11-10-16-36(22)26(38)29(27(39)40-6-3)12-8-7-9-13-29/h4-5,21-22H,1-2,6-20H2,3H3,(H2,30,31,32,33). The lowest BCUT2D eigenvalue weighted by Gasteiger charge is -2.40. The highest BCUT2D eigenvalue weighted by Gasteiger charge is 2.52. The van der Waals surface area contributed by atoms with E-state index in [0.717, 1.165) is 31.5 Å². The maximum absolute atomic E-state index is 13.9. The van der Waals surface area contributed by atoms with Gasteiger partial charge in [-0.15, -0.1) is 13.2 Å². The highest BCUT2D eigenvalue weighted by Crippen LogP contribution is 2.41. The molecule has 0 spiro atoms. The fourth-order valence-corrected chi connectivity index (χ4v) is 5.94. The maximum atomic E-state index is 13.9. The summed E-state index contributed by atoms with van der Waals surface area (Å²) in [6, 6.07) is 1.37. The number of hydrogen-bond acceptors (Lipinski definition) is 9. The molecule has 2 saturated heterocycles. The second-order valence-corrected chi connectivity index (χ2v) is 10.6. The number of ether oxygens (including phenoxy) is 1. The highest BCUT2D eigenvalue weighted by molar-refractivity contribution is 6.04. The Labute approximate surface area is 237 Å². The van der Waals surface area contributed by atoms with Gasteiger partial charge in [0.2, 0.25) is 17.8 Å². The molecular weight excluding hydrogens is 510 g/mol. The summed E-state index contributed by atoms with van der Waals surface area (Å²) in [4.78, 5) is 55.5. The van der Waals surface area contributed by atoms with Crippen molar-refractivity contribution in [3.8, 4) is 0 Å². The van der Waals surface area contributed by atoms with Crippen molar-refractivity contribution in [1.82, 2.24) is 19.8 Å². The Morgan fingerprint density at radius 1 is 1.00 bits per heavy atom. The van der Waals surface area contributed by atoms with Gasteiger partial charge >= 0.3 is 5.97 Å². The molecule has 1 atom stereocenters. The Kier molecular flexibility index (Phi) is 10.0. The van der Waals surface area contributed by atoms with Crippen LogP contribution in [0.2, 0.25) is 0 Å². The van der Waals surface area contributed by atoms with Crippen LogP contribution in [0.4, 0.5) is 17.6 Å². The topological polar surface area (TPSA) is 120 Å². The van der Waals surface area contributed by atoms with Gasteiger partial charge < -0.3 is 30.1 Å². The molecule has 0 radical (unpaired) electrons. The number of piperazine rings is 1. The van der Waals surface area contributed by atoms with Crippen molar-refractivity contribution in [1.29, 1.82) is 0 Å². The quantitative estimate of drug-likeness (QED) is 0.242. The van der Waals surface area contributed by atoms with Crippen LogP contribution in [0.1, 0.15) is 51.9 Å². The minimum atomic E-state index is -1.16. The summed E-state index contributed by atoms with van der Waals surface area (Å²) >= 11 is 0. The van der Waals surface area contributed by atoms with Crippen molar-refractivity contribution in [2.24, 2.45) is 5.41 Å². The van der Waals surface area contributed by atoms with Gasteiger partial charge in [-0.2, -0.15) is 9.97 Å². The van der Waals surface area contributed by atoms with E-state index < -0.39 is 17.4 Å². The minimum Gasteiger partial charge on any atom is -0.465 e. The van der Waals surface area contributed by atoms with Gasteiger partial charge in [-0.05, 0) is 32.6 Å². The maximum Gasteiger partial charge on any atom is 0.321 e. The zero-order chi connectivity index (χ0) is 28.5. The minimum absolute atomic E-state index is 0.0373. The second-order valence-electron chi connectivity index (χ2n) is 10.6. The van der Waals surface area contributed by atoms with Crippen LogP contribution >= 0.6 is 0 Å². The SMILES string of the molecule is C=CCNc1cc(N2CCN(C(=O)C3CCCN3C(=O)C3(C(=O)OCC)CCCCC3)CC2)nc(NCC=C)n1. The first-order chi connectivity index (χ1) is 19.4. The van der Waals surface area contributed by atoms with Crippen LogP contribution in [-0.2, 0) is 19.1 Å². The number of likely N-dealkylation sites (tertiary alicyclic amines) is 1. The van der Waals surface area contributed by atoms with Crippen molar-refractivity contribution in [3.63, 3.8) is 0 Å². The third kappa shape index (κ3) is 6.39. The largest absolute Gasteiger partial charge is 0.465 e. The van der Waals surface area contributed by atoms with Gasteiger partial charge in [0.15, 0.2) is 0 Å². The average Bonchev–Trinajstić information content (AvgIpc) is 3.48. The van der Waals surface area contributed by atoms with Gasteiger partial charge in [0.25, 0.3) is 0 Å². The Bertz CT molecular complexity index is 1050. The number of anilines is 3. The summed E-state index contributed by atoms with van der Waals surface area (Å²) in [6.07, 6.45) is 8.51. The molecule has 0 bridgehead atoms. The van der Waals surface area contributed by atoms with Crippen molar-refractivity contribution in [2.45, 2.75) is 57.9 Å². The molecule has 3 aliphatic rings. The summed E-state index contributed by atoms with van der Waals surface area (Å²) in [6.45, 7) is 13.4. The van der Waals surface area contributed by atoms with Crippen LogP contribution in [0.5, 0.6) is 0 Å². The monoisotopic (exact) mass is 553 g/mol. The molecule has 1 saturated carbocycles. The molecule has 40 heavy (non-hydrogen) atoms. The average molecular weight is 554 g/mol. The lowest BCUT2D eigenvalue weighted by atomic mass is 9.72. The molecular formula is C29H43N7O4. The van der Waals surface area contributed by atoms with Crippen LogP contribution in [0.25, 0.3) is 0 Å². The Hall–Kier alpha value is -3.63. The molecule has 2 aliphatic heterocycles. The van der Waals surface area contributed by atoms with Crippen LogP contribution in [-0.4, -0.2) is 96.0 Å². The van der Waals surface area contributed by atoms with E-state index in [1.807, 2.05) is 11.0 Å². The van der Waals surface area contributed by atoms with E-state index in [1.165, 1.54) is 0 Å². The predicted octanol–water partition coefficient (Wildman–Crippen LogP) is 2.83. The van der Waals surface area contributed by atoms with Gasteiger partial charge in [0.05, 0.1) is 6.61 Å². The predicted molar refractivity (Wildman–Crippen MR) is 155 cm³/mol. The molecule has 3 heterocycles. The smallest absolute Gasteiger partial charge is 0.321 e. The molecule has 0 aromatic carbocycles. The lowest BCUT2D eigenvalue weighted by molar-refractivity contribution is -0.169. The number of esters is 1. The molecule has 1 aliphatic carbocycles. The Balaban J connectivity index is 1.43. The van der Waals surface area contributed by atoms with Gasteiger partial charge in [-0.3, -0.25) is 14.4 Å². The number of aromatic nitrogens is 2. The van der Waals surface area contributed by atoms with Gasteiger partial charge in [0, 0.05) is 51.9 Å². The first kappa shape index (κ1) is 29.4. The molecule has 11 nitrogen and oxygen atoms in total. The second kappa shape index (κ2) is 13.6. The van der Waals surface area contributed by atoms with Crippen LogP contribution in [0.15, 0.2) is 31.4 Å². The first-order valence-corrected chi connectivity index (χ1v) is 14.5. The Morgan fingerprint density at radius 3 is 2.38 bits per heavy atom. The van der Waals surface area contributed by atoms with Crippen molar-refractivity contribution >= 4 is 35.4 Å². The fraction of sp³-hybridized carbons (Fsp3) is 0.621. The summed E-state index contributed by atoms with van der Waals surface area (Å²) in [7, 11) is 0. The van der Waals surface area contributed by atoms with Crippen LogP contribution < -0.4 is 15.5 Å². The molecule has 2 amide bonds. The molecule has 4 rings (SSSR count). The third-order valence-corrected chi connectivity index (χ3v) is 8.04. The van der Waals surface area contributed by atoms with Crippen LogP contribution in [0, 0.1) is 5.41 Å². The first-order valence-electron chi connectivity index (χ1n) is 14.5. The van der Waals surface area contributed by atoms with E-state index in [4.69, 9.17) is 4.74 Å². The summed E-state index contributed by atoms with van der Waals surface area (Å²) < 4.78 is 5.38. The third-order valence-electron chi connectivity index (χ3n) is 8.04. The fourth-order valence-electron chi connectivity index (χ4n) is 5.94. The van der Waals surface area contributed by atoms with Crippen LogP contribution in [0.3, 0.4) is 0 Å². The molecule has 1 aromatic heterocycles. The van der Waals surface area contributed by atoms with Crippen molar-refractivity contribution in [2.75, 3.05) is 68.0 Å². The zero-order valence-corrected chi connectivity index (χ0v) is 23.7. The summed E-state index contributed by atoms with van der Waals surface area (Å²) in [5, 5.41) is 6.37. The molecule has 1 aromatic rings.